The first-order valence-corrected chi connectivity index (χ1v) is 8.91. The minimum Gasteiger partial charge on any atom is -0.329 e. The molecule has 0 amide bonds. The minimum atomic E-state index is -4.40. The predicted molar refractivity (Wildman–Crippen MR) is 81.0 cm³/mol. The van der Waals surface area contributed by atoms with Gasteiger partial charge in [0.25, 0.3) is 0 Å². The molecule has 0 heterocycles. The van der Waals surface area contributed by atoms with E-state index in [1.165, 1.54) is 0 Å². The number of benzene rings is 1. The number of halogens is 3. The van der Waals surface area contributed by atoms with E-state index in [9.17, 15) is 21.6 Å². The van der Waals surface area contributed by atoms with Crippen LogP contribution in [0.3, 0.4) is 0 Å². The van der Waals surface area contributed by atoms with Crippen LogP contribution in [-0.2, 0) is 10.0 Å². The molecule has 4 nitrogen and oxygen atoms in total. The maximum Gasteiger partial charge on any atom is 0.446 e. The molecule has 1 aromatic carbocycles. The van der Waals surface area contributed by atoms with Crippen molar-refractivity contribution in [1.29, 1.82) is 0 Å². The van der Waals surface area contributed by atoms with E-state index in [1.807, 2.05) is 13.8 Å². The Labute approximate surface area is 132 Å². The second-order valence-corrected chi connectivity index (χ2v) is 8.06. The van der Waals surface area contributed by atoms with Crippen LogP contribution < -0.4 is 10.5 Å². The Hall–Kier alpha value is -0.770. The minimum absolute atomic E-state index is 0.0657. The number of nitrogens with one attached hydrogen (secondary N) is 1. The van der Waals surface area contributed by atoms with Crippen molar-refractivity contribution in [3.63, 3.8) is 0 Å². The van der Waals surface area contributed by atoms with Gasteiger partial charge in [0.1, 0.15) is 0 Å². The molecule has 1 aromatic rings. The third-order valence-corrected chi connectivity index (χ3v) is 5.01. The van der Waals surface area contributed by atoms with Crippen LogP contribution in [0.2, 0.25) is 0 Å². The van der Waals surface area contributed by atoms with Crippen molar-refractivity contribution in [3.05, 3.63) is 24.3 Å². The molecule has 0 radical (unpaired) electrons. The maximum atomic E-state index is 12.2. The van der Waals surface area contributed by atoms with Gasteiger partial charge in [-0.15, -0.1) is 0 Å². The van der Waals surface area contributed by atoms with Gasteiger partial charge in [0.2, 0.25) is 10.0 Å². The standard InChI is InChI=1S/C13H19F3N2O2S2/c1-9(2)7-10(8-17)18-22(19,20)12-5-3-11(4-6-12)21-13(14,15)16/h3-6,9-10,18H,7-8,17H2,1-2H3. The Morgan fingerprint density at radius 3 is 2.18 bits per heavy atom. The number of thioether (sulfide) groups is 1. The van der Waals surface area contributed by atoms with Gasteiger partial charge in [-0.2, -0.15) is 13.2 Å². The van der Waals surface area contributed by atoms with Gasteiger partial charge in [-0.3, -0.25) is 0 Å². The summed E-state index contributed by atoms with van der Waals surface area (Å²) in [6.07, 6.45) is 0.581. The van der Waals surface area contributed by atoms with Crippen LogP contribution in [0.15, 0.2) is 34.1 Å². The van der Waals surface area contributed by atoms with E-state index in [1.54, 1.807) is 0 Å². The summed E-state index contributed by atoms with van der Waals surface area (Å²) in [6.45, 7) is 4.04. The van der Waals surface area contributed by atoms with Gasteiger partial charge in [-0.1, -0.05) is 13.8 Å². The molecule has 22 heavy (non-hydrogen) atoms. The van der Waals surface area contributed by atoms with Gasteiger partial charge < -0.3 is 5.73 Å². The molecule has 1 unspecified atom stereocenters. The Kier molecular flexibility index (Phi) is 6.72. The van der Waals surface area contributed by atoms with Gasteiger partial charge >= 0.3 is 5.51 Å². The van der Waals surface area contributed by atoms with E-state index >= 15 is 0 Å². The SMILES string of the molecule is CC(C)CC(CN)NS(=O)(=O)c1ccc(SC(F)(F)F)cc1. The third kappa shape index (κ3) is 6.55. The molecule has 1 atom stereocenters. The van der Waals surface area contributed by atoms with Crippen molar-refractivity contribution >= 4 is 21.8 Å². The van der Waals surface area contributed by atoms with Crippen molar-refractivity contribution in [2.24, 2.45) is 11.7 Å². The first kappa shape index (κ1) is 19.3. The van der Waals surface area contributed by atoms with Crippen LogP contribution in [-0.4, -0.2) is 26.5 Å². The molecule has 126 valence electrons. The van der Waals surface area contributed by atoms with Crippen LogP contribution in [0.25, 0.3) is 0 Å². The summed E-state index contributed by atoms with van der Waals surface area (Å²) in [7, 11) is -3.80. The number of sulfonamides is 1. The number of rotatable bonds is 7. The average Bonchev–Trinajstić information content (AvgIpc) is 2.35. The lowest BCUT2D eigenvalue weighted by Crippen LogP contribution is -2.40. The van der Waals surface area contributed by atoms with Gasteiger partial charge in [0.05, 0.1) is 4.90 Å². The van der Waals surface area contributed by atoms with Gasteiger partial charge in [0.15, 0.2) is 0 Å². The molecule has 0 aliphatic carbocycles. The van der Waals surface area contributed by atoms with Crippen LogP contribution in [0.1, 0.15) is 20.3 Å². The number of alkyl halides is 3. The Bertz CT molecular complexity index is 572. The molecule has 0 aliphatic heterocycles. The van der Waals surface area contributed by atoms with Crippen LogP contribution >= 0.6 is 11.8 Å². The van der Waals surface area contributed by atoms with E-state index < -0.39 is 21.6 Å². The molecule has 0 saturated heterocycles. The quantitative estimate of drug-likeness (QED) is 0.737. The Morgan fingerprint density at radius 2 is 1.77 bits per heavy atom. The van der Waals surface area contributed by atoms with Crippen molar-refractivity contribution < 1.29 is 21.6 Å². The van der Waals surface area contributed by atoms with E-state index in [0.29, 0.717) is 6.42 Å². The van der Waals surface area contributed by atoms with Crippen molar-refractivity contribution in [2.45, 2.75) is 41.6 Å². The van der Waals surface area contributed by atoms with Crippen LogP contribution in [0.5, 0.6) is 0 Å². The topological polar surface area (TPSA) is 72.2 Å². The number of hydrogen-bond donors (Lipinski definition) is 2. The maximum absolute atomic E-state index is 12.2. The molecular weight excluding hydrogens is 337 g/mol. The lowest BCUT2D eigenvalue weighted by Gasteiger charge is -2.19. The summed E-state index contributed by atoms with van der Waals surface area (Å²) in [4.78, 5) is -0.148. The molecule has 9 heteroatoms. The molecule has 0 aliphatic rings. The molecule has 0 fully saturated rings. The fraction of sp³-hybridized carbons (Fsp3) is 0.538. The van der Waals surface area contributed by atoms with E-state index in [4.69, 9.17) is 5.73 Å². The van der Waals surface area contributed by atoms with E-state index in [-0.39, 0.29) is 34.0 Å². The predicted octanol–water partition coefficient (Wildman–Crippen LogP) is 2.95. The second kappa shape index (κ2) is 7.67. The second-order valence-electron chi connectivity index (χ2n) is 5.20. The zero-order chi connectivity index (χ0) is 17.0. The summed E-state index contributed by atoms with van der Waals surface area (Å²) in [6, 6.07) is 4.16. The largest absolute Gasteiger partial charge is 0.446 e. The van der Waals surface area contributed by atoms with E-state index in [2.05, 4.69) is 4.72 Å². The summed E-state index contributed by atoms with van der Waals surface area (Å²) < 4.78 is 63.5. The van der Waals surface area contributed by atoms with Crippen LogP contribution in [0, 0.1) is 5.92 Å². The highest BCUT2D eigenvalue weighted by molar-refractivity contribution is 8.00. The fourth-order valence-electron chi connectivity index (χ4n) is 1.87. The first-order chi connectivity index (χ1) is 10.0. The zero-order valence-corrected chi connectivity index (χ0v) is 13.9. The molecular formula is C13H19F3N2O2S2. The molecule has 0 aromatic heterocycles. The summed E-state index contributed by atoms with van der Waals surface area (Å²) >= 11 is -0.288. The average molecular weight is 356 g/mol. The molecule has 0 saturated carbocycles. The van der Waals surface area contributed by atoms with Gasteiger partial charge in [-0.05, 0) is 48.4 Å². The lowest BCUT2D eigenvalue weighted by atomic mass is 10.1. The van der Waals surface area contributed by atoms with Crippen molar-refractivity contribution in [3.8, 4) is 0 Å². The van der Waals surface area contributed by atoms with Gasteiger partial charge in [0, 0.05) is 17.5 Å². The normalized spacial score (nSPS) is 14.3. The lowest BCUT2D eigenvalue weighted by molar-refractivity contribution is -0.0328. The molecule has 3 N–H and O–H groups in total. The summed E-state index contributed by atoms with van der Waals surface area (Å²) in [5.74, 6) is 0.266. The van der Waals surface area contributed by atoms with E-state index in [0.717, 1.165) is 24.3 Å². The van der Waals surface area contributed by atoms with Crippen molar-refractivity contribution in [2.75, 3.05) is 6.54 Å². The highest BCUT2D eigenvalue weighted by Gasteiger charge is 2.29. The fourth-order valence-corrected chi connectivity index (χ4v) is 3.67. The van der Waals surface area contributed by atoms with Crippen molar-refractivity contribution in [1.82, 2.24) is 4.72 Å². The molecule has 0 spiro atoms. The number of hydrogen-bond acceptors (Lipinski definition) is 4. The first-order valence-electron chi connectivity index (χ1n) is 6.61. The third-order valence-electron chi connectivity index (χ3n) is 2.73. The highest BCUT2D eigenvalue weighted by atomic mass is 32.2. The monoisotopic (exact) mass is 356 g/mol. The smallest absolute Gasteiger partial charge is 0.329 e. The molecule has 0 bridgehead atoms. The molecule has 1 rings (SSSR count). The zero-order valence-electron chi connectivity index (χ0n) is 12.2. The highest BCUT2D eigenvalue weighted by Crippen LogP contribution is 2.36. The summed E-state index contributed by atoms with van der Waals surface area (Å²) in [5.41, 5.74) is 1.14. The Balaban J connectivity index is 2.85. The van der Waals surface area contributed by atoms with Crippen LogP contribution in [0.4, 0.5) is 13.2 Å². The number of nitrogens with two attached hydrogens (primary N) is 1. The summed E-state index contributed by atoms with van der Waals surface area (Å²) in [5, 5.41) is 0. The van der Waals surface area contributed by atoms with Gasteiger partial charge in [-0.25, -0.2) is 13.1 Å². The Morgan fingerprint density at radius 1 is 1.23 bits per heavy atom.